The number of aliphatic hydroxyl groups excluding tert-OH is 1. The number of alkyl halides is 3. The van der Waals surface area contributed by atoms with Gasteiger partial charge in [-0.1, -0.05) is 0 Å². The lowest BCUT2D eigenvalue weighted by Crippen LogP contribution is -2.36. The molecular formula is C28H31F4N7O2. The Bertz CT molecular complexity index is 1440. The first-order chi connectivity index (χ1) is 19.7. The number of imidazole rings is 1. The maximum atomic E-state index is 14.0. The van der Waals surface area contributed by atoms with E-state index >= 15 is 0 Å². The van der Waals surface area contributed by atoms with Gasteiger partial charge in [0.1, 0.15) is 29.6 Å². The molecule has 1 unspecified atom stereocenters. The number of nitrogens with one attached hydrogen (secondary N) is 1. The van der Waals surface area contributed by atoms with Gasteiger partial charge in [-0.15, -0.1) is 0 Å². The molecule has 3 aliphatic rings. The summed E-state index contributed by atoms with van der Waals surface area (Å²) in [7, 11) is 0. The van der Waals surface area contributed by atoms with Crippen LogP contribution in [-0.2, 0) is 23.9 Å². The summed E-state index contributed by atoms with van der Waals surface area (Å²) in [4.78, 5) is 29.7. The average molecular weight is 574 g/mol. The molecule has 0 spiro atoms. The lowest BCUT2D eigenvalue weighted by molar-refractivity contribution is -0.140. The molecule has 41 heavy (non-hydrogen) atoms. The van der Waals surface area contributed by atoms with Crippen LogP contribution in [0.2, 0.25) is 0 Å². The van der Waals surface area contributed by atoms with Crippen molar-refractivity contribution in [2.45, 2.75) is 56.8 Å². The highest BCUT2D eigenvalue weighted by Crippen LogP contribution is 2.37. The zero-order valence-corrected chi connectivity index (χ0v) is 22.4. The summed E-state index contributed by atoms with van der Waals surface area (Å²) < 4.78 is 56.3. The van der Waals surface area contributed by atoms with Crippen LogP contribution < -0.4 is 10.2 Å². The number of carbonyl (C=O) groups excluding carboxylic acids is 1. The second-order valence-electron chi connectivity index (χ2n) is 10.9. The van der Waals surface area contributed by atoms with Crippen LogP contribution in [-0.4, -0.2) is 74.3 Å². The van der Waals surface area contributed by atoms with Gasteiger partial charge in [0, 0.05) is 55.5 Å². The fourth-order valence-electron chi connectivity index (χ4n) is 6.24. The molecule has 2 fully saturated rings. The summed E-state index contributed by atoms with van der Waals surface area (Å²) in [5.74, 6) is 0.688. The number of hydrogen-bond donors (Lipinski definition) is 2. The highest BCUT2D eigenvalue weighted by molar-refractivity contribution is 5.99. The van der Waals surface area contributed by atoms with Gasteiger partial charge >= 0.3 is 6.18 Å². The lowest BCUT2D eigenvalue weighted by Gasteiger charge is -2.33. The largest absolute Gasteiger partial charge is 0.419 e. The molecule has 0 saturated carbocycles. The second kappa shape index (κ2) is 11.0. The van der Waals surface area contributed by atoms with E-state index in [0.29, 0.717) is 37.7 Å². The fraction of sp³-hybridized carbons (Fsp3) is 0.500. The summed E-state index contributed by atoms with van der Waals surface area (Å²) in [6.45, 7) is 3.55. The summed E-state index contributed by atoms with van der Waals surface area (Å²) in [5.41, 5.74) is 0.0544. The van der Waals surface area contributed by atoms with E-state index in [0.717, 1.165) is 61.6 Å². The quantitative estimate of drug-likeness (QED) is 0.415. The van der Waals surface area contributed by atoms with E-state index in [-0.39, 0.29) is 36.5 Å². The number of nitrogens with zero attached hydrogens (tertiary/aromatic N) is 6. The van der Waals surface area contributed by atoms with E-state index in [2.05, 4.69) is 25.1 Å². The maximum absolute atomic E-state index is 14.0. The van der Waals surface area contributed by atoms with Gasteiger partial charge in [-0.25, -0.2) is 19.3 Å². The first kappa shape index (κ1) is 27.6. The third-order valence-electron chi connectivity index (χ3n) is 8.39. The van der Waals surface area contributed by atoms with Gasteiger partial charge in [0.15, 0.2) is 0 Å². The molecule has 5 heterocycles. The van der Waals surface area contributed by atoms with Crippen molar-refractivity contribution in [2.24, 2.45) is 0 Å². The van der Waals surface area contributed by atoms with Crippen molar-refractivity contribution < 1.29 is 27.5 Å². The molecule has 1 amide bonds. The predicted molar refractivity (Wildman–Crippen MR) is 143 cm³/mol. The van der Waals surface area contributed by atoms with Crippen molar-refractivity contribution in [3.63, 3.8) is 0 Å². The van der Waals surface area contributed by atoms with Crippen LogP contribution in [0.3, 0.4) is 0 Å². The maximum Gasteiger partial charge on any atom is 0.419 e. The number of fused-ring (bicyclic) bond motifs is 1. The predicted octanol–water partition coefficient (Wildman–Crippen LogP) is 3.83. The van der Waals surface area contributed by atoms with Gasteiger partial charge in [-0.05, 0) is 50.4 Å². The van der Waals surface area contributed by atoms with E-state index in [4.69, 9.17) is 4.98 Å². The van der Waals surface area contributed by atoms with Gasteiger partial charge in [0.25, 0.3) is 0 Å². The molecule has 13 heteroatoms. The van der Waals surface area contributed by atoms with Crippen LogP contribution in [0.15, 0.2) is 30.7 Å². The van der Waals surface area contributed by atoms with E-state index in [1.54, 1.807) is 6.20 Å². The third kappa shape index (κ3) is 5.52. The summed E-state index contributed by atoms with van der Waals surface area (Å²) in [5, 5.41) is 12.5. The van der Waals surface area contributed by atoms with Crippen molar-refractivity contribution in [1.82, 2.24) is 24.4 Å². The van der Waals surface area contributed by atoms with E-state index in [1.807, 2.05) is 4.57 Å². The van der Waals surface area contributed by atoms with Crippen molar-refractivity contribution >= 4 is 17.5 Å². The number of rotatable bonds is 7. The summed E-state index contributed by atoms with van der Waals surface area (Å²) in [6.07, 6.45) is 2.04. The molecule has 1 atom stereocenters. The first-order valence-electron chi connectivity index (χ1n) is 13.9. The number of piperidine rings is 1. The fourth-order valence-corrected chi connectivity index (χ4v) is 6.24. The number of amides is 1. The number of halogens is 4. The van der Waals surface area contributed by atoms with Gasteiger partial charge in [0.2, 0.25) is 5.91 Å². The van der Waals surface area contributed by atoms with Crippen LogP contribution in [0.5, 0.6) is 0 Å². The molecule has 218 valence electrons. The van der Waals surface area contributed by atoms with E-state index in [9.17, 15) is 27.5 Å². The smallest absolute Gasteiger partial charge is 0.395 e. The molecule has 3 aromatic rings. The van der Waals surface area contributed by atoms with Crippen LogP contribution in [0.1, 0.15) is 48.6 Å². The number of aromatic nitrogens is 4. The van der Waals surface area contributed by atoms with Gasteiger partial charge in [-0.3, -0.25) is 9.69 Å². The number of carbonyl (C=O) groups is 1. The Hall–Kier alpha value is -3.58. The summed E-state index contributed by atoms with van der Waals surface area (Å²) >= 11 is 0. The zero-order valence-electron chi connectivity index (χ0n) is 22.4. The molecule has 6 rings (SSSR count). The number of likely N-dealkylation sites (tertiary alicyclic amines) is 1. The van der Waals surface area contributed by atoms with Crippen LogP contribution in [0.4, 0.5) is 29.2 Å². The van der Waals surface area contributed by atoms with Crippen molar-refractivity contribution in [2.75, 3.05) is 43.0 Å². The Morgan fingerprint density at radius 2 is 1.88 bits per heavy atom. The highest BCUT2D eigenvalue weighted by atomic mass is 19.4. The second-order valence-corrected chi connectivity index (χ2v) is 10.9. The Kier molecular flexibility index (Phi) is 7.41. The molecule has 9 nitrogen and oxygen atoms in total. The van der Waals surface area contributed by atoms with Crippen LogP contribution >= 0.6 is 0 Å². The number of aliphatic hydroxyl groups is 1. The number of benzene rings is 1. The molecular weight excluding hydrogens is 542 g/mol. The molecule has 0 radical (unpaired) electrons. The van der Waals surface area contributed by atoms with Crippen molar-refractivity contribution in [1.29, 1.82) is 0 Å². The number of hydrogen-bond acceptors (Lipinski definition) is 7. The average Bonchev–Trinajstić information content (AvgIpc) is 3.68. The zero-order chi connectivity index (χ0) is 28.7. The van der Waals surface area contributed by atoms with Crippen LogP contribution in [0, 0.1) is 5.82 Å². The van der Waals surface area contributed by atoms with Gasteiger partial charge in [0.05, 0.1) is 24.3 Å². The molecule has 1 aromatic carbocycles. The van der Waals surface area contributed by atoms with Gasteiger partial charge < -0.3 is 19.9 Å². The third-order valence-corrected chi connectivity index (χ3v) is 8.39. The Balaban J connectivity index is 1.26. The molecule has 0 aliphatic carbocycles. The Morgan fingerprint density at radius 3 is 2.63 bits per heavy atom. The number of anilines is 2. The molecule has 2 N–H and O–H groups in total. The van der Waals surface area contributed by atoms with Gasteiger partial charge in [-0.2, -0.15) is 13.2 Å². The minimum atomic E-state index is -4.81. The SMILES string of the molecule is O=C1Cc2c(ncnc2N2CCC(c3nc(-c4ccc(F)c(C(F)(F)F)c4)cn3CCN3CCCC3CO)CC2)N1. The summed E-state index contributed by atoms with van der Waals surface area (Å²) in [6, 6.07) is 3.09. The van der Waals surface area contributed by atoms with Crippen molar-refractivity contribution in [3.05, 3.63) is 53.5 Å². The Labute approximate surface area is 234 Å². The van der Waals surface area contributed by atoms with Crippen LogP contribution in [0.25, 0.3) is 11.3 Å². The van der Waals surface area contributed by atoms with E-state index in [1.165, 1.54) is 12.4 Å². The topological polar surface area (TPSA) is 99.4 Å². The molecule has 2 aromatic heterocycles. The minimum Gasteiger partial charge on any atom is -0.395 e. The standard InChI is InChI=1S/C28H31F4N7O2/c29-22-4-3-18(12-21(22)28(30,31)32)23-14-39(11-10-37-7-1-2-19(37)15-40)26(35-23)17-5-8-38(9-6-17)27-20-13-24(41)36-25(20)33-16-34-27/h3-4,12,14,16-17,19,40H,1-2,5-11,13,15H2,(H,33,34,36,41). The first-order valence-corrected chi connectivity index (χ1v) is 13.9. The normalized spacial score (nSPS) is 20.1. The highest BCUT2D eigenvalue weighted by Gasteiger charge is 2.35. The molecule has 3 aliphatic heterocycles. The van der Waals surface area contributed by atoms with Crippen molar-refractivity contribution in [3.8, 4) is 11.3 Å². The molecule has 2 saturated heterocycles. The van der Waals surface area contributed by atoms with E-state index < -0.39 is 17.6 Å². The Morgan fingerprint density at radius 1 is 1.07 bits per heavy atom. The monoisotopic (exact) mass is 573 g/mol. The minimum absolute atomic E-state index is 0.0457. The lowest BCUT2D eigenvalue weighted by atomic mass is 9.95. The molecule has 0 bridgehead atoms.